The van der Waals surface area contributed by atoms with Gasteiger partial charge in [0.05, 0.1) is 5.60 Å². The molecule has 1 saturated carbocycles. The number of thioether (sulfide) groups is 1. The van der Waals surface area contributed by atoms with Crippen LogP contribution in [0, 0.1) is 5.41 Å². The van der Waals surface area contributed by atoms with E-state index in [9.17, 15) is 0 Å². The molecule has 0 radical (unpaired) electrons. The number of hydrogen-bond donors (Lipinski definition) is 2. The van der Waals surface area contributed by atoms with E-state index in [-0.39, 0.29) is 11.0 Å². The minimum absolute atomic E-state index is 0.0375. The van der Waals surface area contributed by atoms with Crippen LogP contribution in [0.5, 0.6) is 0 Å². The van der Waals surface area contributed by atoms with Crippen LogP contribution in [0.4, 0.5) is 0 Å². The van der Waals surface area contributed by atoms with Crippen molar-refractivity contribution in [3.8, 4) is 0 Å². The summed E-state index contributed by atoms with van der Waals surface area (Å²) in [6, 6.07) is 0.965. The van der Waals surface area contributed by atoms with Crippen LogP contribution in [0.1, 0.15) is 40.0 Å². The fourth-order valence-electron chi connectivity index (χ4n) is 3.11. The Hall–Kier alpha value is -0.420. The molecule has 2 N–H and O–H groups in total. The zero-order valence-electron chi connectivity index (χ0n) is 13.5. The lowest BCUT2D eigenvalue weighted by molar-refractivity contribution is -0.176. The molecule has 1 aliphatic heterocycles. The van der Waals surface area contributed by atoms with E-state index in [1.54, 1.807) is 0 Å². The van der Waals surface area contributed by atoms with Gasteiger partial charge in [-0.05, 0) is 31.9 Å². The van der Waals surface area contributed by atoms with Gasteiger partial charge in [-0.2, -0.15) is 11.8 Å². The molecule has 2 rings (SSSR count). The number of hydrogen-bond acceptors (Lipinski definition) is 3. The van der Waals surface area contributed by atoms with Crippen molar-refractivity contribution in [3.05, 3.63) is 0 Å². The van der Waals surface area contributed by atoms with Crippen molar-refractivity contribution in [1.29, 1.82) is 0 Å². The SMILES string of the molecule is CN=C(NC1CCCSC1)NC1CC(C)(OC)C1(C)C. The molecule has 1 heterocycles. The molecule has 5 heteroatoms. The van der Waals surface area contributed by atoms with Gasteiger partial charge in [0.2, 0.25) is 0 Å². The van der Waals surface area contributed by atoms with E-state index < -0.39 is 0 Å². The van der Waals surface area contributed by atoms with Gasteiger partial charge in [-0.25, -0.2) is 0 Å². The van der Waals surface area contributed by atoms with E-state index in [4.69, 9.17) is 4.74 Å². The molecule has 0 bridgehead atoms. The van der Waals surface area contributed by atoms with Crippen molar-refractivity contribution in [2.45, 2.75) is 57.7 Å². The molecule has 0 amide bonds. The Morgan fingerprint density at radius 2 is 2.05 bits per heavy atom. The fraction of sp³-hybridized carbons (Fsp3) is 0.933. The normalized spacial score (nSPS) is 37.1. The second-order valence-electron chi connectivity index (χ2n) is 6.69. The molecule has 1 aliphatic carbocycles. The number of guanidine groups is 1. The van der Waals surface area contributed by atoms with Crippen molar-refractivity contribution in [2.24, 2.45) is 10.4 Å². The Kier molecular flexibility index (Phi) is 4.90. The van der Waals surface area contributed by atoms with Gasteiger partial charge in [-0.3, -0.25) is 4.99 Å². The Morgan fingerprint density at radius 3 is 2.55 bits per heavy atom. The number of ether oxygens (including phenoxy) is 1. The number of methoxy groups -OCH3 is 1. The molecule has 2 fully saturated rings. The van der Waals surface area contributed by atoms with Crippen LogP contribution in [0.15, 0.2) is 4.99 Å². The van der Waals surface area contributed by atoms with Gasteiger partial charge in [-0.15, -0.1) is 0 Å². The topological polar surface area (TPSA) is 45.7 Å². The Bertz CT molecular complexity index is 366. The Balaban J connectivity index is 1.88. The maximum Gasteiger partial charge on any atom is 0.191 e. The molecule has 0 spiro atoms. The van der Waals surface area contributed by atoms with Crippen molar-refractivity contribution in [2.75, 3.05) is 25.7 Å². The average Bonchev–Trinajstić information content (AvgIpc) is 2.46. The Labute approximate surface area is 127 Å². The first kappa shape index (κ1) is 16.0. The highest BCUT2D eigenvalue weighted by Crippen LogP contribution is 2.51. The zero-order valence-corrected chi connectivity index (χ0v) is 14.3. The van der Waals surface area contributed by atoms with Gasteiger partial charge in [0.25, 0.3) is 0 Å². The van der Waals surface area contributed by atoms with Crippen LogP contribution in [-0.2, 0) is 4.74 Å². The standard InChI is InChI=1S/C15H29N3OS/c1-14(2)12(9-15(14,3)19-5)18-13(16-4)17-11-7-6-8-20-10-11/h11-12H,6-10H2,1-5H3,(H2,16,17,18). The number of nitrogens with zero attached hydrogens (tertiary/aromatic N) is 1. The maximum atomic E-state index is 5.68. The highest BCUT2D eigenvalue weighted by Gasteiger charge is 2.58. The van der Waals surface area contributed by atoms with E-state index >= 15 is 0 Å². The molecule has 0 aromatic heterocycles. The lowest BCUT2D eigenvalue weighted by Gasteiger charge is -2.59. The van der Waals surface area contributed by atoms with Crippen LogP contribution in [0.25, 0.3) is 0 Å². The van der Waals surface area contributed by atoms with Crippen molar-refractivity contribution in [1.82, 2.24) is 10.6 Å². The van der Waals surface area contributed by atoms with E-state index in [1.807, 2.05) is 25.9 Å². The molecule has 20 heavy (non-hydrogen) atoms. The molecule has 1 saturated heterocycles. The third-order valence-corrected chi connectivity index (χ3v) is 6.53. The van der Waals surface area contributed by atoms with Crippen LogP contribution in [0.2, 0.25) is 0 Å². The summed E-state index contributed by atoms with van der Waals surface area (Å²) in [5.74, 6) is 3.42. The van der Waals surface area contributed by atoms with Gasteiger partial charge < -0.3 is 15.4 Å². The number of aliphatic imine (C=N–C) groups is 1. The number of rotatable bonds is 3. The summed E-state index contributed by atoms with van der Waals surface area (Å²) < 4.78 is 5.68. The quantitative estimate of drug-likeness (QED) is 0.620. The fourth-order valence-corrected chi connectivity index (χ4v) is 4.18. The lowest BCUT2D eigenvalue weighted by atomic mass is 9.56. The van der Waals surface area contributed by atoms with Gasteiger partial charge in [0.1, 0.15) is 0 Å². The van der Waals surface area contributed by atoms with E-state index in [0.717, 1.165) is 12.4 Å². The third-order valence-electron chi connectivity index (χ3n) is 5.31. The lowest BCUT2D eigenvalue weighted by Crippen LogP contribution is -2.69. The summed E-state index contributed by atoms with van der Waals surface area (Å²) in [5.41, 5.74) is 0.0743. The minimum Gasteiger partial charge on any atom is -0.378 e. The highest BCUT2D eigenvalue weighted by atomic mass is 32.2. The minimum atomic E-state index is -0.0375. The molecule has 4 nitrogen and oxygen atoms in total. The van der Waals surface area contributed by atoms with E-state index in [1.165, 1.54) is 24.3 Å². The summed E-state index contributed by atoms with van der Waals surface area (Å²) in [4.78, 5) is 4.39. The summed E-state index contributed by atoms with van der Waals surface area (Å²) in [7, 11) is 3.66. The smallest absolute Gasteiger partial charge is 0.191 e. The predicted octanol–water partition coefficient (Wildman–Crippen LogP) is 2.25. The van der Waals surface area contributed by atoms with Crippen LogP contribution < -0.4 is 10.6 Å². The number of nitrogens with one attached hydrogen (secondary N) is 2. The molecule has 0 aromatic carbocycles. The second kappa shape index (κ2) is 6.14. The van der Waals surface area contributed by atoms with Gasteiger partial charge in [-0.1, -0.05) is 13.8 Å². The van der Waals surface area contributed by atoms with E-state index in [2.05, 4.69) is 36.4 Å². The largest absolute Gasteiger partial charge is 0.378 e. The average molecular weight is 299 g/mol. The molecule has 3 unspecified atom stereocenters. The Morgan fingerprint density at radius 1 is 1.30 bits per heavy atom. The first-order chi connectivity index (χ1) is 9.43. The maximum absolute atomic E-state index is 5.68. The molecule has 2 aliphatic rings. The van der Waals surface area contributed by atoms with Crippen LogP contribution in [0.3, 0.4) is 0 Å². The van der Waals surface area contributed by atoms with Gasteiger partial charge in [0, 0.05) is 37.4 Å². The van der Waals surface area contributed by atoms with Crippen LogP contribution in [-0.4, -0.2) is 49.3 Å². The van der Waals surface area contributed by atoms with Crippen LogP contribution >= 0.6 is 11.8 Å². The summed E-state index contributed by atoms with van der Waals surface area (Å²) in [5, 5.41) is 7.14. The summed E-state index contributed by atoms with van der Waals surface area (Å²) in [6.07, 6.45) is 3.57. The first-order valence-corrected chi connectivity index (χ1v) is 8.71. The van der Waals surface area contributed by atoms with Gasteiger partial charge in [0.15, 0.2) is 5.96 Å². The molecular weight excluding hydrogens is 270 g/mol. The first-order valence-electron chi connectivity index (χ1n) is 7.55. The third kappa shape index (κ3) is 2.93. The zero-order chi connectivity index (χ0) is 14.8. The molecule has 0 aromatic rings. The van der Waals surface area contributed by atoms with Gasteiger partial charge >= 0.3 is 0 Å². The predicted molar refractivity (Wildman–Crippen MR) is 87.6 cm³/mol. The molecule has 116 valence electrons. The van der Waals surface area contributed by atoms with Crippen molar-refractivity contribution < 1.29 is 4.74 Å². The second-order valence-corrected chi connectivity index (χ2v) is 7.84. The highest BCUT2D eigenvalue weighted by molar-refractivity contribution is 7.99. The summed E-state index contributed by atoms with van der Waals surface area (Å²) >= 11 is 2.03. The monoisotopic (exact) mass is 299 g/mol. The molecule has 3 atom stereocenters. The summed E-state index contributed by atoms with van der Waals surface area (Å²) in [6.45, 7) is 6.72. The van der Waals surface area contributed by atoms with Crippen molar-refractivity contribution >= 4 is 17.7 Å². The molecular formula is C15H29N3OS. The van der Waals surface area contributed by atoms with Crippen molar-refractivity contribution in [3.63, 3.8) is 0 Å². The van der Waals surface area contributed by atoms with E-state index in [0.29, 0.717) is 12.1 Å².